The maximum Gasteiger partial charge on any atom is 0.192 e. The molecule has 1 fully saturated rings. The molecular weight excluding hydrogens is 498 g/mol. The molecule has 2 N–H and O–H groups in total. The van der Waals surface area contributed by atoms with Crippen molar-refractivity contribution < 1.29 is 19.0 Å². The molecule has 5 rings (SSSR count). The van der Waals surface area contributed by atoms with Crippen LogP contribution in [0.25, 0.3) is 5.70 Å². The highest BCUT2D eigenvalue weighted by molar-refractivity contribution is 6.06. The second kappa shape index (κ2) is 13.4. The number of benzene rings is 4. The fourth-order valence-electron chi connectivity index (χ4n) is 4.91. The van der Waals surface area contributed by atoms with E-state index in [4.69, 9.17) is 19.9 Å². The van der Waals surface area contributed by atoms with Crippen molar-refractivity contribution in [2.45, 2.75) is 51.5 Å². The molecule has 0 aliphatic heterocycles. The third-order valence-electron chi connectivity index (χ3n) is 7.18. The summed E-state index contributed by atoms with van der Waals surface area (Å²) in [6.45, 7) is 3.01. The third-order valence-corrected chi connectivity index (χ3v) is 7.18. The van der Waals surface area contributed by atoms with E-state index < -0.39 is 18.3 Å². The number of carbonyl (C=O) groups is 1. The minimum absolute atomic E-state index is 0.161. The number of hydrogen-bond acceptors (Lipinski definition) is 5. The lowest BCUT2D eigenvalue weighted by molar-refractivity contribution is -0.172. The molecule has 5 nitrogen and oxygen atoms in total. The maximum absolute atomic E-state index is 14.1. The molecule has 3 atom stereocenters. The summed E-state index contributed by atoms with van der Waals surface area (Å²) in [5, 5.41) is 0. The van der Waals surface area contributed by atoms with Crippen LogP contribution >= 0.6 is 0 Å². The highest BCUT2D eigenvalue weighted by atomic mass is 16.6. The Morgan fingerprint density at radius 3 is 1.68 bits per heavy atom. The predicted octanol–water partition coefficient (Wildman–Crippen LogP) is 6.39. The van der Waals surface area contributed by atoms with Gasteiger partial charge in [0.1, 0.15) is 12.2 Å². The van der Waals surface area contributed by atoms with Gasteiger partial charge < -0.3 is 19.9 Å². The fourth-order valence-corrected chi connectivity index (χ4v) is 4.91. The first-order valence-electron chi connectivity index (χ1n) is 13.6. The van der Waals surface area contributed by atoms with Gasteiger partial charge in [-0.25, -0.2) is 0 Å². The Hall–Kier alpha value is -4.03. The molecule has 0 heterocycles. The minimum atomic E-state index is -0.877. The smallest absolute Gasteiger partial charge is 0.192 e. The molecule has 1 aliphatic rings. The molecule has 40 heavy (non-hydrogen) atoms. The molecule has 4 aromatic rings. The fraction of sp³-hybridized carbons (Fsp3) is 0.229. The lowest BCUT2D eigenvalue weighted by Crippen LogP contribution is -2.52. The summed E-state index contributed by atoms with van der Waals surface area (Å²) >= 11 is 0. The summed E-state index contributed by atoms with van der Waals surface area (Å²) < 4.78 is 19.3. The van der Waals surface area contributed by atoms with Crippen LogP contribution < -0.4 is 5.73 Å². The van der Waals surface area contributed by atoms with Gasteiger partial charge in [-0.2, -0.15) is 0 Å². The van der Waals surface area contributed by atoms with Gasteiger partial charge in [-0.15, -0.1) is 0 Å². The number of carbonyl (C=O) groups excluding carboxylic acids is 1. The minimum Gasteiger partial charge on any atom is -0.398 e. The number of rotatable bonds is 10. The average Bonchev–Trinajstić information content (AvgIpc) is 3.00. The number of hydrogen-bond donors (Lipinski definition) is 1. The Balaban J connectivity index is 1.48. The van der Waals surface area contributed by atoms with E-state index in [1.54, 1.807) is 0 Å². The van der Waals surface area contributed by atoms with Gasteiger partial charge in [-0.3, -0.25) is 4.79 Å². The monoisotopic (exact) mass is 533 g/mol. The molecule has 0 spiro atoms. The Labute approximate surface area is 236 Å². The molecule has 0 saturated heterocycles. The lowest BCUT2D eigenvalue weighted by atomic mass is 9.83. The summed E-state index contributed by atoms with van der Waals surface area (Å²) in [4.78, 5) is 14.1. The molecule has 0 bridgehead atoms. The van der Waals surface area contributed by atoms with Crippen LogP contribution in [0.4, 0.5) is 0 Å². The number of nitrogens with two attached hydrogens (primary N) is 1. The van der Waals surface area contributed by atoms with Crippen molar-refractivity contribution in [1.82, 2.24) is 0 Å². The molecule has 5 heteroatoms. The van der Waals surface area contributed by atoms with E-state index in [2.05, 4.69) is 0 Å². The Morgan fingerprint density at radius 1 is 0.675 bits per heavy atom. The van der Waals surface area contributed by atoms with Crippen molar-refractivity contribution in [1.29, 1.82) is 0 Å². The topological polar surface area (TPSA) is 70.8 Å². The van der Waals surface area contributed by atoms with Crippen LogP contribution in [0.15, 0.2) is 121 Å². The van der Waals surface area contributed by atoms with Crippen LogP contribution in [0, 0.1) is 6.92 Å². The Bertz CT molecular complexity index is 1400. The van der Waals surface area contributed by atoms with Crippen LogP contribution in [-0.4, -0.2) is 24.1 Å². The zero-order chi connectivity index (χ0) is 27.7. The first-order valence-corrected chi connectivity index (χ1v) is 13.6. The van der Waals surface area contributed by atoms with Crippen LogP contribution in [-0.2, 0) is 38.8 Å². The van der Waals surface area contributed by atoms with Crippen LogP contribution in [0.3, 0.4) is 0 Å². The molecule has 0 unspecified atom stereocenters. The number of ketones is 1. The van der Waals surface area contributed by atoms with Gasteiger partial charge in [0.15, 0.2) is 5.78 Å². The molecule has 1 saturated carbocycles. The number of ether oxygens (including phenoxy) is 3. The van der Waals surface area contributed by atoms with Crippen molar-refractivity contribution in [2.75, 3.05) is 0 Å². The van der Waals surface area contributed by atoms with Crippen molar-refractivity contribution in [3.63, 3.8) is 0 Å². The number of Topliss-reactive ketones (excluding diaryl/α,β-unsaturated/α-hetero) is 1. The summed E-state index contributed by atoms with van der Waals surface area (Å²) in [5.41, 5.74) is 12.6. The molecule has 204 valence electrons. The van der Waals surface area contributed by atoms with Crippen molar-refractivity contribution in [3.8, 4) is 0 Å². The molecule has 0 amide bonds. The van der Waals surface area contributed by atoms with Crippen molar-refractivity contribution >= 4 is 11.5 Å². The second-order valence-corrected chi connectivity index (χ2v) is 10.1. The zero-order valence-corrected chi connectivity index (χ0v) is 22.7. The summed E-state index contributed by atoms with van der Waals surface area (Å²) in [6.07, 6.45) is -1.61. The van der Waals surface area contributed by atoms with Gasteiger partial charge in [0.25, 0.3) is 0 Å². The highest BCUT2D eigenvalue weighted by Gasteiger charge is 2.45. The van der Waals surface area contributed by atoms with Gasteiger partial charge in [-0.05, 0) is 29.2 Å². The molecule has 0 aromatic heterocycles. The quantitative estimate of drug-likeness (QED) is 0.239. The average molecular weight is 534 g/mol. The summed E-state index contributed by atoms with van der Waals surface area (Å²) in [7, 11) is 0. The van der Waals surface area contributed by atoms with E-state index in [-0.39, 0.29) is 12.4 Å². The maximum atomic E-state index is 14.1. The van der Waals surface area contributed by atoms with Gasteiger partial charge in [0.05, 0.1) is 25.9 Å². The second-order valence-electron chi connectivity index (χ2n) is 10.1. The van der Waals surface area contributed by atoms with E-state index >= 15 is 0 Å². The van der Waals surface area contributed by atoms with Gasteiger partial charge in [0.2, 0.25) is 0 Å². The standard InChI is InChI=1S/C35H35NO4/c1-25-17-19-29(20-18-25)32(36)30-21-31(38-22-26-11-5-2-6-12-26)34(39-23-27-13-7-3-8-14-27)35(33(30)37)40-24-28-15-9-4-10-16-28/h2-20,31,34-35H,21-24,36H2,1H3/b32-30+/t31-,34+,35+/m0/s1. The Kier molecular flexibility index (Phi) is 9.19. The van der Waals surface area contributed by atoms with E-state index in [0.717, 1.165) is 27.8 Å². The van der Waals surface area contributed by atoms with Crippen molar-refractivity contribution in [3.05, 3.63) is 149 Å². The highest BCUT2D eigenvalue weighted by Crippen LogP contribution is 2.33. The molecule has 0 radical (unpaired) electrons. The summed E-state index contributed by atoms with van der Waals surface area (Å²) in [5.74, 6) is -0.161. The number of aryl methyl sites for hydroxylation is 1. The molecule has 4 aromatic carbocycles. The first kappa shape index (κ1) is 27.5. The third kappa shape index (κ3) is 6.93. The van der Waals surface area contributed by atoms with Gasteiger partial charge in [0, 0.05) is 17.7 Å². The Morgan fingerprint density at radius 2 is 1.15 bits per heavy atom. The molecule has 1 aliphatic carbocycles. The van der Waals surface area contributed by atoms with Crippen LogP contribution in [0.2, 0.25) is 0 Å². The van der Waals surface area contributed by atoms with E-state index in [1.807, 2.05) is 122 Å². The lowest BCUT2D eigenvalue weighted by Gasteiger charge is -2.38. The molecular formula is C35H35NO4. The van der Waals surface area contributed by atoms with Crippen LogP contribution in [0.5, 0.6) is 0 Å². The van der Waals surface area contributed by atoms with E-state index in [1.165, 1.54) is 0 Å². The van der Waals surface area contributed by atoms with E-state index in [9.17, 15) is 4.79 Å². The summed E-state index contributed by atoms with van der Waals surface area (Å²) in [6, 6.07) is 37.6. The normalized spacial score (nSPS) is 20.3. The van der Waals surface area contributed by atoms with Crippen LogP contribution in [0.1, 0.15) is 34.2 Å². The van der Waals surface area contributed by atoms with Gasteiger partial charge >= 0.3 is 0 Å². The van der Waals surface area contributed by atoms with Gasteiger partial charge in [-0.1, -0.05) is 121 Å². The SMILES string of the molecule is Cc1ccc(/C(N)=C2/C[C@H](OCc3ccccc3)[C@@H](OCc3ccccc3)[C@H](OCc3ccccc3)C2=O)cc1. The first-order chi connectivity index (χ1) is 19.6. The largest absolute Gasteiger partial charge is 0.398 e. The van der Waals surface area contributed by atoms with E-state index in [0.29, 0.717) is 30.9 Å². The predicted molar refractivity (Wildman–Crippen MR) is 157 cm³/mol. The van der Waals surface area contributed by atoms with Crippen molar-refractivity contribution in [2.24, 2.45) is 5.73 Å². The zero-order valence-electron chi connectivity index (χ0n) is 22.7.